The fourth-order valence-electron chi connectivity index (χ4n) is 3.68. The van der Waals surface area contributed by atoms with Crippen LogP contribution in [0.1, 0.15) is 18.9 Å². The topological polar surface area (TPSA) is 73.0 Å². The molecule has 3 aromatic heterocycles. The molecular formula is C22H19N5O2S4. The lowest BCUT2D eigenvalue weighted by Crippen LogP contribution is -2.33. The van der Waals surface area contributed by atoms with E-state index < -0.39 is 0 Å². The highest BCUT2D eigenvalue weighted by atomic mass is 32.2. The average molecular weight is 514 g/mol. The van der Waals surface area contributed by atoms with Crippen molar-refractivity contribution in [3.63, 3.8) is 0 Å². The Kier molecular flexibility index (Phi) is 5.81. The molecule has 1 aromatic carbocycles. The van der Waals surface area contributed by atoms with Gasteiger partial charge in [-0.2, -0.15) is 0 Å². The molecule has 7 nitrogen and oxygen atoms in total. The first kappa shape index (κ1) is 22.2. The zero-order valence-corrected chi connectivity index (χ0v) is 21.3. The van der Waals surface area contributed by atoms with E-state index in [9.17, 15) is 9.59 Å². The molecule has 1 amide bonds. The van der Waals surface area contributed by atoms with E-state index in [0.29, 0.717) is 36.5 Å². The molecule has 168 valence electrons. The maximum absolute atomic E-state index is 13.1. The number of amides is 1. The number of carbonyl (C=O) groups excluding carboxylic acids is 1. The summed E-state index contributed by atoms with van der Waals surface area (Å²) in [5.41, 5.74) is 1.67. The monoisotopic (exact) mass is 513 g/mol. The molecule has 11 heteroatoms. The third-order valence-electron chi connectivity index (χ3n) is 5.32. The number of aromatic nitrogens is 4. The van der Waals surface area contributed by atoms with Crippen LogP contribution in [-0.4, -0.2) is 40.8 Å². The number of thiocarbonyl (C=S) groups is 1. The minimum Gasteiger partial charge on any atom is -0.311 e. The molecule has 0 atom stereocenters. The summed E-state index contributed by atoms with van der Waals surface area (Å²) in [5, 5.41) is 0.706. The lowest BCUT2D eigenvalue weighted by molar-refractivity contribution is -0.120. The van der Waals surface area contributed by atoms with Crippen LogP contribution in [0.15, 0.2) is 35.1 Å². The van der Waals surface area contributed by atoms with Crippen LogP contribution in [0.3, 0.4) is 0 Å². The molecule has 0 radical (unpaired) electrons. The average Bonchev–Trinajstić information content (AvgIpc) is 3.52. The first-order valence-corrected chi connectivity index (χ1v) is 13.2. The summed E-state index contributed by atoms with van der Waals surface area (Å²) in [4.78, 5) is 38.3. The van der Waals surface area contributed by atoms with Gasteiger partial charge in [0.25, 0.3) is 11.5 Å². The van der Waals surface area contributed by atoms with Crippen molar-refractivity contribution in [3.05, 3.63) is 54.9 Å². The summed E-state index contributed by atoms with van der Waals surface area (Å²) < 4.78 is 5.31. The van der Waals surface area contributed by atoms with Crippen molar-refractivity contribution in [3.8, 4) is 11.4 Å². The highest BCUT2D eigenvalue weighted by Crippen LogP contribution is 2.31. The standard InChI is InChI=1S/C22H19N5O2S4/c1-4-26-19(28)13(31-21(26)15-20(29)27(5-2)22(30)33-15)11-14-23-17-18(32-14)24-16(25(17)3)12-9-7-6-8-10-12/h6-11H,4-5H2,1-3H3/b13-11+,21-15+. The lowest BCUT2D eigenvalue weighted by atomic mass is 10.2. The molecule has 5 rings (SSSR count). The first-order valence-electron chi connectivity index (χ1n) is 10.3. The van der Waals surface area contributed by atoms with E-state index in [1.807, 2.05) is 55.8 Å². The Labute approximate surface area is 206 Å². The number of benzene rings is 1. The van der Waals surface area contributed by atoms with Crippen molar-refractivity contribution in [2.24, 2.45) is 7.05 Å². The smallest absolute Gasteiger partial charge is 0.269 e. The van der Waals surface area contributed by atoms with Gasteiger partial charge in [-0.1, -0.05) is 65.6 Å². The van der Waals surface area contributed by atoms with Crippen LogP contribution in [0.5, 0.6) is 0 Å². The second-order valence-corrected chi connectivity index (χ2v) is 10.9. The van der Waals surface area contributed by atoms with Gasteiger partial charge in [0, 0.05) is 25.7 Å². The number of aryl methyl sites for hydroxylation is 1. The predicted molar refractivity (Wildman–Crippen MR) is 140 cm³/mol. The van der Waals surface area contributed by atoms with Gasteiger partial charge >= 0.3 is 0 Å². The molecule has 1 saturated heterocycles. The summed E-state index contributed by atoms with van der Waals surface area (Å²) in [6, 6.07) is 9.97. The third kappa shape index (κ3) is 3.68. The maximum Gasteiger partial charge on any atom is 0.269 e. The fourth-order valence-corrected chi connectivity index (χ4v) is 7.35. The van der Waals surface area contributed by atoms with Crippen LogP contribution in [0.2, 0.25) is 0 Å². The molecule has 4 heterocycles. The second-order valence-electron chi connectivity index (χ2n) is 7.25. The molecule has 33 heavy (non-hydrogen) atoms. The number of imidazole rings is 1. The van der Waals surface area contributed by atoms with Crippen LogP contribution in [0.25, 0.3) is 32.8 Å². The normalized spacial score (nSPS) is 16.6. The first-order chi connectivity index (χ1) is 15.9. The lowest BCUT2D eigenvalue weighted by Gasteiger charge is -2.09. The van der Waals surface area contributed by atoms with Crippen LogP contribution in [0, 0.1) is 0 Å². The SMILES string of the molecule is CCN1C(=O)/C(=c2\s/c(=C/c3nc4c(nc(-c5ccccc5)n4C)s3)c(=O)n2CC)SC1=S. The molecule has 0 bridgehead atoms. The zero-order valence-electron chi connectivity index (χ0n) is 18.1. The Balaban J connectivity index is 1.62. The molecule has 0 unspecified atom stereocenters. The van der Waals surface area contributed by atoms with Gasteiger partial charge in [-0.15, -0.1) is 11.3 Å². The number of carbonyl (C=O) groups is 1. The summed E-state index contributed by atoms with van der Waals surface area (Å²) in [5.74, 6) is 0.715. The number of thioether (sulfide) groups is 1. The van der Waals surface area contributed by atoms with Crippen molar-refractivity contribution in [2.75, 3.05) is 6.54 Å². The maximum atomic E-state index is 13.1. The second kappa shape index (κ2) is 8.64. The van der Waals surface area contributed by atoms with Gasteiger partial charge in [0.2, 0.25) is 0 Å². The highest BCUT2D eigenvalue weighted by Gasteiger charge is 2.32. The van der Waals surface area contributed by atoms with Crippen molar-refractivity contribution in [2.45, 2.75) is 20.4 Å². The number of fused-ring (bicyclic) bond motifs is 1. The Hall–Kier alpha value is -2.60. The van der Waals surface area contributed by atoms with Crippen molar-refractivity contribution in [1.82, 2.24) is 24.0 Å². The molecule has 0 N–H and O–H groups in total. The van der Waals surface area contributed by atoms with Gasteiger partial charge in [0.15, 0.2) is 10.5 Å². The fraction of sp³-hybridized carbons (Fsp3) is 0.227. The number of hydrogen-bond donors (Lipinski definition) is 0. The zero-order chi connectivity index (χ0) is 23.3. The van der Waals surface area contributed by atoms with E-state index in [1.54, 1.807) is 15.5 Å². The minimum absolute atomic E-state index is 0.128. The highest BCUT2D eigenvalue weighted by molar-refractivity contribution is 8.30. The van der Waals surface area contributed by atoms with Gasteiger partial charge in [-0.05, 0) is 19.9 Å². The van der Waals surface area contributed by atoms with E-state index >= 15 is 0 Å². The Morgan fingerprint density at radius 2 is 1.82 bits per heavy atom. The summed E-state index contributed by atoms with van der Waals surface area (Å²) in [7, 11) is 1.94. The summed E-state index contributed by atoms with van der Waals surface area (Å²) >= 11 is 9.35. The van der Waals surface area contributed by atoms with Crippen LogP contribution < -0.4 is 14.8 Å². The van der Waals surface area contributed by atoms with Gasteiger partial charge in [-0.3, -0.25) is 19.1 Å². The Morgan fingerprint density at radius 3 is 2.45 bits per heavy atom. The number of hydrogen-bond acceptors (Lipinski definition) is 8. The number of thiazole rings is 2. The van der Waals surface area contributed by atoms with Gasteiger partial charge in [0.05, 0.1) is 4.53 Å². The summed E-state index contributed by atoms with van der Waals surface area (Å²) in [6.07, 6.45) is 1.79. The van der Waals surface area contributed by atoms with Crippen molar-refractivity contribution >= 4 is 78.3 Å². The molecule has 1 aliphatic heterocycles. The molecule has 4 aromatic rings. The third-order valence-corrected chi connectivity index (χ3v) is 8.90. The van der Waals surface area contributed by atoms with Crippen LogP contribution in [0.4, 0.5) is 0 Å². The predicted octanol–water partition coefficient (Wildman–Crippen LogP) is 2.76. The molecule has 1 fully saturated rings. The number of nitrogens with zero attached hydrogens (tertiary/aromatic N) is 5. The van der Waals surface area contributed by atoms with Crippen LogP contribution in [-0.2, 0) is 18.4 Å². The Bertz CT molecular complexity index is 1590. The van der Waals surface area contributed by atoms with E-state index in [4.69, 9.17) is 22.2 Å². The molecule has 0 spiro atoms. The Morgan fingerprint density at radius 1 is 1.06 bits per heavy atom. The molecular weight excluding hydrogens is 495 g/mol. The van der Waals surface area contributed by atoms with Gasteiger partial charge in [0.1, 0.15) is 24.7 Å². The minimum atomic E-state index is -0.139. The molecule has 0 aliphatic carbocycles. The van der Waals surface area contributed by atoms with Gasteiger partial charge < -0.3 is 4.57 Å². The quantitative estimate of drug-likeness (QED) is 0.391. The largest absolute Gasteiger partial charge is 0.311 e. The van der Waals surface area contributed by atoms with Crippen molar-refractivity contribution in [1.29, 1.82) is 0 Å². The van der Waals surface area contributed by atoms with Crippen molar-refractivity contribution < 1.29 is 4.79 Å². The van der Waals surface area contributed by atoms with Gasteiger partial charge in [-0.25, -0.2) is 9.97 Å². The van der Waals surface area contributed by atoms with Crippen LogP contribution >= 0.6 is 46.7 Å². The van der Waals surface area contributed by atoms with E-state index in [0.717, 1.165) is 21.9 Å². The van der Waals surface area contributed by atoms with E-state index in [2.05, 4.69) is 0 Å². The summed E-state index contributed by atoms with van der Waals surface area (Å²) in [6.45, 7) is 4.77. The number of rotatable bonds is 4. The van der Waals surface area contributed by atoms with E-state index in [-0.39, 0.29) is 11.5 Å². The molecule has 1 aliphatic rings. The molecule has 0 saturated carbocycles. The van der Waals surface area contributed by atoms with E-state index in [1.165, 1.54) is 34.4 Å².